The van der Waals surface area contributed by atoms with Crippen molar-refractivity contribution in [2.45, 2.75) is 51.2 Å². The Balaban J connectivity index is 2.13. The van der Waals surface area contributed by atoms with Crippen molar-refractivity contribution in [3.63, 3.8) is 0 Å². The van der Waals surface area contributed by atoms with Gasteiger partial charge in [0.25, 0.3) is 0 Å². The van der Waals surface area contributed by atoms with Crippen LogP contribution in [0.5, 0.6) is 0 Å². The maximum absolute atomic E-state index is 12.5. The number of rotatable bonds is 2. The first-order valence-electron chi connectivity index (χ1n) is 7.17. The molecule has 1 aromatic carbocycles. The fourth-order valence-corrected chi connectivity index (χ4v) is 3.24. The largest absolute Gasteiger partial charge is 0.416 e. The smallest absolute Gasteiger partial charge is 0.325 e. The molecule has 3 unspecified atom stereocenters. The van der Waals surface area contributed by atoms with Crippen LogP contribution >= 0.6 is 0 Å². The molecule has 0 heterocycles. The number of halogens is 3. The zero-order valence-corrected chi connectivity index (χ0v) is 12.0. The molecule has 1 aliphatic rings. The van der Waals surface area contributed by atoms with Gasteiger partial charge in [-0.1, -0.05) is 38.8 Å². The lowest BCUT2D eigenvalue weighted by atomic mass is 9.66. The van der Waals surface area contributed by atoms with Crippen molar-refractivity contribution in [2.75, 3.05) is 0 Å². The zero-order chi connectivity index (χ0) is 15.0. The van der Waals surface area contributed by atoms with E-state index >= 15 is 0 Å². The summed E-state index contributed by atoms with van der Waals surface area (Å²) in [6, 6.07) is 5.41. The van der Waals surface area contributed by atoms with E-state index in [1.165, 1.54) is 6.42 Å². The number of benzene rings is 1. The highest BCUT2D eigenvalue weighted by Crippen LogP contribution is 2.38. The van der Waals surface area contributed by atoms with Crippen molar-refractivity contribution in [2.24, 2.45) is 17.6 Å². The van der Waals surface area contributed by atoms with Crippen molar-refractivity contribution >= 4 is 0 Å². The topological polar surface area (TPSA) is 26.0 Å². The van der Waals surface area contributed by atoms with Gasteiger partial charge in [0.15, 0.2) is 0 Å². The van der Waals surface area contributed by atoms with Crippen LogP contribution in [0.3, 0.4) is 0 Å². The van der Waals surface area contributed by atoms with Gasteiger partial charge in [-0.25, -0.2) is 0 Å². The minimum Gasteiger partial charge on any atom is -0.325 e. The Labute approximate surface area is 118 Å². The van der Waals surface area contributed by atoms with Crippen LogP contribution in [0.1, 0.15) is 44.2 Å². The Hall–Kier alpha value is -1.03. The third-order valence-corrected chi connectivity index (χ3v) is 4.88. The lowest BCUT2D eigenvalue weighted by Crippen LogP contribution is -2.52. The van der Waals surface area contributed by atoms with Crippen molar-refractivity contribution in [1.29, 1.82) is 0 Å². The quantitative estimate of drug-likeness (QED) is 0.856. The Morgan fingerprint density at radius 2 is 1.80 bits per heavy atom. The molecule has 0 amide bonds. The van der Waals surface area contributed by atoms with E-state index in [9.17, 15) is 13.2 Å². The summed E-state index contributed by atoms with van der Waals surface area (Å²) in [4.78, 5) is 0. The highest BCUT2D eigenvalue weighted by atomic mass is 19.4. The van der Waals surface area contributed by atoms with Gasteiger partial charge in [0.05, 0.1) is 5.56 Å². The summed E-state index contributed by atoms with van der Waals surface area (Å²) in [5.74, 6) is 0.960. The molecule has 0 saturated heterocycles. The van der Waals surface area contributed by atoms with E-state index in [0.29, 0.717) is 18.3 Å². The van der Waals surface area contributed by atoms with Gasteiger partial charge in [-0.05, 0) is 42.4 Å². The molecule has 2 rings (SSSR count). The maximum Gasteiger partial charge on any atom is 0.416 e. The Morgan fingerprint density at radius 3 is 2.35 bits per heavy atom. The molecule has 0 radical (unpaired) electrons. The van der Waals surface area contributed by atoms with Crippen LogP contribution in [0, 0.1) is 11.8 Å². The average Bonchev–Trinajstić information content (AvgIpc) is 2.35. The van der Waals surface area contributed by atoms with Crippen LogP contribution < -0.4 is 5.73 Å². The lowest BCUT2D eigenvalue weighted by molar-refractivity contribution is -0.137. The van der Waals surface area contributed by atoms with Gasteiger partial charge in [-0.3, -0.25) is 0 Å². The number of hydrogen-bond donors (Lipinski definition) is 1. The molecule has 2 N–H and O–H groups in total. The Kier molecular flexibility index (Phi) is 4.14. The minimum absolute atomic E-state index is 0.294. The third kappa shape index (κ3) is 3.17. The molecule has 1 aliphatic carbocycles. The molecule has 0 aliphatic heterocycles. The predicted octanol–water partition coefficient (Wildman–Crippen LogP) is 4.40. The summed E-state index contributed by atoms with van der Waals surface area (Å²) >= 11 is 0. The molecule has 20 heavy (non-hydrogen) atoms. The monoisotopic (exact) mass is 285 g/mol. The fraction of sp³-hybridized carbons (Fsp3) is 0.625. The Morgan fingerprint density at radius 1 is 1.20 bits per heavy atom. The van der Waals surface area contributed by atoms with E-state index in [2.05, 4.69) is 13.8 Å². The van der Waals surface area contributed by atoms with Crippen LogP contribution in [-0.2, 0) is 12.6 Å². The van der Waals surface area contributed by atoms with Gasteiger partial charge in [-0.15, -0.1) is 0 Å². The highest BCUT2D eigenvalue weighted by Gasteiger charge is 2.38. The summed E-state index contributed by atoms with van der Waals surface area (Å²) in [6.45, 7) is 4.37. The van der Waals surface area contributed by atoms with E-state index in [1.807, 2.05) is 0 Å². The van der Waals surface area contributed by atoms with Gasteiger partial charge in [-0.2, -0.15) is 13.2 Å². The van der Waals surface area contributed by atoms with Gasteiger partial charge in [0.2, 0.25) is 0 Å². The molecule has 0 bridgehead atoms. The second kappa shape index (κ2) is 5.40. The summed E-state index contributed by atoms with van der Waals surface area (Å²) in [5.41, 5.74) is 6.52. The zero-order valence-electron chi connectivity index (χ0n) is 12.0. The van der Waals surface area contributed by atoms with Crippen LogP contribution in [0.4, 0.5) is 13.2 Å². The molecule has 1 nitrogen and oxygen atoms in total. The van der Waals surface area contributed by atoms with E-state index in [4.69, 9.17) is 5.73 Å². The standard InChI is InChI=1S/C16H22F3N/c1-11-4-3-9-15(20,12(11)2)10-13-5-7-14(8-6-13)16(17,18)19/h5-8,11-12H,3-4,9-10,20H2,1-2H3. The summed E-state index contributed by atoms with van der Waals surface area (Å²) in [6.07, 6.45) is -0.391. The molecule has 3 atom stereocenters. The molecular weight excluding hydrogens is 263 g/mol. The van der Waals surface area contributed by atoms with E-state index in [0.717, 1.165) is 30.5 Å². The number of hydrogen-bond acceptors (Lipinski definition) is 1. The first-order valence-corrected chi connectivity index (χ1v) is 7.17. The molecule has 112 valence electrons. The molecule has 0 spiro atoms. The molecule has 0 aromatic heterocycles. The maximum atomic E-state index is 12.5. The first-order chi connectivity index (χ1) is 9.22. The third-order valence-electron chi connectivity index (χ3n) is 4.88. The molecule has 1 aromatic rings. The average molecular weight is 285 g/mol. The van der Waals surface area contributed by atoms with E-state index < -0.39 is 11.7 Å². The van der Waals surface area contributed by atoms with E-state index in [1.54, 1.807) is 12.1 Å². The van der Waals surface area contributed by atoms with Crippen LogP contribution in [0.15, 0.2) is 24.3 Å². The van der Waals surface area contributed by atoms with Gasteiger partial charge in [0.1, 0.15) is 0 Å². The normalized spacial score (nSPS) is 31.3. The van der Waals surface area contributed by atoms with Crippen LogP contribution in [-0.4, -0.2) is 5.54 Å². The van der Waals surface area contributed by atoms with Gasteiger partial charge < -0.3 is 5.73 Å². The van der Waals surface area contributed by atoms with Crippen LogP contribution in [0.2, 0.25) is 0 Å². The predicted molar refractivity (Wildman–Crippen MR) is 74.2 cm³/mol. The van der Waals surface area contributed by atoms with Crippen molar-refractivity contribution in [3.05, 3.63) is 35.4 Å². The second-order valence-electron chi connectivity index (χ2n) is 6.26. The van der Waals surface area contributed by atoms with Crippen molar-refractivity contribution < 1.29 is 13.2 Å². The molecule has 4 heteroatoms. The number of nitrogens with two attached hydrogens (primary N) is 1. The molecule has 1 saturated carbocycles. The fourth-order valence-electron chi connectivity index (χ4n) is 3.24. The van der Waals surface area contributed by atoms with Crippen molar-refractivity contribution in [3.8, 4) is 0 Å². The Bertz CT molecular complexity index is 452. The summed E-state index contributed by atoms with van der Waals surface area (Å²) in [5, 5.41) is 0. The summed E-state index contributed by atoms with van der Waals surface area (Å²) < 4.78 is 37.6. The van der Waals surface area contributed by atoms with Crippen LogP contribution in [0.25, 0.3) is 0 Å². The van der Waals surface area contributed by atoms with Crippen molar-refractivity contribution in [1.82, 2.24) is 0 Å². The second-order valence-corrected chi connectivity index (χ2v) is 6.26. The summed E-state index contributed by atoms with van der Waals surface area (Å²) in [7, 11) is 0. The lowest BCUT2D eigenvalue weighted by Gasteiger charge is -2.43. The molecule has 1 fully saturated rings. The van der Waals surface area contributed by atoms with Gasteiger partial charge in [0, 0.05) is 5.54 Å². The van der Waals surface area contributed by atoms with E-state index in [-0.39, 0.29) is 5.54 Å². The number of alkyl halides is 3. The molecular formula is C16H22F3N. The minimum atomic E-state index is -4.27. The first kappa shape index (κ1) is 15.4. The van der Waals surface area contributed by atoms with Gasteiger partial charge >= 0.3 is 6.18 Å². The SMILES string of the molecule is CC1CCCC(N)(Cc2ccc(C(F)(F)F)cc2)C1C. The highest BCUT2D eigenvalue weighted by molar-refractivity contribution is 5.26.